The summed E-state index contributed by atoms with van der Waals surface area (Å²) in [7, 11) is 0. The fraction of sp³-hybridized carbons (Fsp3) is 0.632. The molecule has 0 saturated carbocycles. The van der Waals surface area contributed by atoms with Crippen molar-refractivity contribution in [2.45, 2.75) is 71.4 Å². The van der Waals surface area contributed by atoms with Crippen molar-refractivity contribution in [3.63, 3.8) is 0 Å². The summed E-state index contributed by atoms with van der Waals surface area (Å²) in [4.78, 5) is 59.6. The highest BCUT2D eigenvalue weighted by atomic mass is 16.6. The molecule has 1 rings (SSSR count). The third kappa shape index (κ3) is 9.22. The van der Waals surface area contributed by atoms with Crippen molar-refractivity contribution in [3.05, 3.63) is 12.2 Å². The van der Waals surface area contributed by atoms with E-state index in [1.54, 1.807) is 27.7 Å². The van der Waals surface area contributed by atoms with Crippen LogP contribution in [0.5, 0.6) is 0 Å². The van der Waals surface area contributed by atoms with Crippen molar-refractivity contribution >= 4 is 29.7 Å². The number of hydrogen-bond acceptors (Lipinski definition) is 6. The lowest BCUT2D eigenvalue weighted by Crippen LogP contribution is -2.52. The Hall–Kier alpha value is -2.91. The molecule has 10 nitrogen and oxygen atoms in total. The second-order valence-corrected chi connectivity index (χ2v) is 7.62. The normalized spacial score (nSPS) is 14.6. The number of rotatable bonds is 9. The summed E-state index contributed by atoms with van der Waals surface area (Å²) in [5.74, 6) is -1.56. The van der Waals surface area contributed by atoms with Crippen LogP contribution < -0.4 is 16.2 Å². The number of nitrogens with zero attached hydrogens (tertiary/aromatic N) is 1. The summed E-state index contributed by atoms with van der Waals surface area (Å²) < 4.78 is 5.11. The van der Waals surface area contributed by atoms with Gasteiger partial charge in [0.15, 0.2) is 0 Å². The van der Waals surface area contributed by atoms with Crippen LogP contribution in [-0.2, 0) is 23.9 Å². The molecule has 0 saturated heterocycles. The minimum absolute atomic E-state index is 0.177. The van der Waals surface area contributed by atoms with E-state index in [1.807, 2.05) is 0 Å². The number of alkyl carbamates (subject to hydrolysis) is 1. The van der Waals surface area contributed by atoms with Gasteiger partial charge in [-0.3, -0.25) is 34.9 Å². The summed E-state index contributed by atoms with van der Waals surface area (Å²) in [6.45, 7) is 7.18. The van der Waals surface area contributed by atoms with Crippen molar-refractivity contribution in [1.82, 2.24) is 21.1 Å². The number of ether oxygens (including phenoxy) is 1. The summed E-state index contributed by atoms with van der Waals surface area (Å²) in [5, 5.41) is 2.45. The second-order valence-electron chi connectivity index (χ2n) is 7.62. The van der Waals surface area contributed by atoms with Crippen molar-refractivity contribution in [1.29, 1.82) is 0 Å². The zero-order valence-electron chi connectivity index (χ0n) is 17.4. The molecule has 0 spiro atoms. The SMILES string of the molecule is CC[C@H](NC(=O)OC(C)(C)C)C(=O)NNC(=O)CCCCCN1C(=O)C=CC1=O. The monoisotopic (exact) mass is 410 g/mol. The molecule has 5 amide bonds. The lowest BCUT2D eigenvalue weighted by molar-refractivity contribution is -0.137. The lowest BCUT2D eigenvalue weighted by atomic mass is 10.2. The quantitative estimate of drug-likeness (QED) is 0.294. The van der Waals surface area contributed by atoms with E-state index in [1.165, 1.54) is 12.2 Å². The van der Waals surface area contributed by atoms with Gasteiger partial charge >= 0.3 is 6.09 Å². The van der Waals surface area contributed by atoms with Crippen LogP contribution in [0.1, 0.15) is 59.8 Å². The summed E-state index contributed by atoms with van der Waals surface area (Å²) in [6, 6.07) is -0.839. The first-order valence-electron chi connectivity index (χ1n) is 9.65. The molecule has 29 heavy (non-hydrogen) atoms. The zero-order chi connectivity index (χ0) is 22.0. The number of imide groups is 1. The molecule has 0 aromatic heterocycles. The van der Waals surface area contributed by atoms with Crippen molar-refractivity contribution in [2.24, 2.45) is 0 Å². The van der Waals surface area contributed by atoms with Crippen LogP contribution in [-0.4, -0.2) is 52.8 Å². The minimum atomic E-state index is -0.839. The molecular weight excluding hydrogens is 380 g/mol. The molecule has 1 heterocycles. The van der Waals surface area contributed by atoms with Gasteiger partial charge in [-0.05, 0) is 40.0 Å². The number of amides is 5. The topological polar surface area (TPSA) is 134 Å². The van der Waals surface area contributed by atoms with E-state index in [0.717, 1.165) is 4.90 Å². The van der Waals surface area contributed by atoms with Crippen molar-refractivity contribution < 1.29 is 28.7 Å². The summed E-state index contributed by atoms with van der Waals surface area (Å²) >= 11 is 0. The first kappa shape index (κ1) is 24.1. The van der Waals surface area contributed by atoms with E-state index in [0.29, 0.717) is 32.2 Å². The lowest BCUT2D eigenvalue weighted by Gasteiger charge is -2.22. The molecule has 0 aliphatic carbocycles. The van der Waals surface area contributed by atoms with Gasteiger partial charge in [-0.15, -0.1) is 0 Å². The number of carbonyl (C=O) groups excluding carboxylic acids is 5. The van der Waals surface area contributed by atoms with Crippen LogP contribution in [0.2, 0.25) is 0 Å². The molecule has 1 aliphatic heterocycles. The highest BCUT2D eigenvalue weighted by Gasteiger charge is 2.24. The van der Waals surface area contributed by atoms with Gasteiger partial charge in [0, 0.05) is 25.1 Å². The molecule has 0 aromatic rings. The predicted octanol–water partition coefficient (Wildman–Crippen LogP) is 0.923. The van der Waals surface area contributed by atoms with Crippen molar-refractivity contribution in [2.75, 3.05) is 6.54 Å². The summed E-state index contributed by atoms with van der Waals surface area (Å²) in [6.07, 6.45) is 4.04. The Bertz CT molecular complexity index is 650. The van der Waals surface area contributed by atoms with E-state index < -0.39 is 23.6 Å². The van der Waals surface area contributed by atoms with E-state index >= 15 is 0 Å². The van der Waals surface area contributed by atoms with Gasteiger partial charge in [0.1, 0.15) is 11.6 Å². The first-order chi connectivity index (χ1) is 13.5. The Labute approximate surface area is 170 Å². The Morgan fingerprint density at radius 1 is 1.03 bits per heavy atom. The smallest absolute Gasteiger partial charge is 0.408 e. The molecular formula is C19H30N4O6. The van der Waals surface area contributed by atoms with Gasteiger partial charge in [0.05, 0.1) is 0 Å². The number of carbonyl (C=O) groups is 5. The number of unbranched alkanes of at least 4 members (excludes halogenated alkanes) is 2. The molecule has 1 aliphatic rings. The van der Waals surface area contributed by atoms with Gasteiger partial charge in [-0.2, -0.15) is 0 Å². The summed E-state index contributed by atoms with van der Waals surface area (Å²) in [5.41, 5.74) is 3.91. The van der Waals surface area contributed by atoms with Crippen LogP contribution in [0.4, 0.5) is 4.79 Å². The Balaban J connectivity index is 2.21. The van der Waals surface area contributed by atoms with Crippen LogP contribution >= 0.6 is 0 Å². The predicted molar refractivity (Wildman–Crippen MR) is 104 cm³/mol. The van der Waals surface area contributed by atoms with Crippen LogP contribution in [0.15, 0.2) is 12.2 Å². The fourth-order valence-electron chi connectivity index (χ4n) is 2.47. The number of nitrogens with one attached hydrogen (secondary N) is 3. The van der Waals surface area contributed by atoms with Crippen LogP contribution in [0.3, 0.4) is 0 Å². The van der Waals surface area contributed by atoms with Crippen molar-refractivity contribution in [3.8, 4) is 0 Å². The zero-order valence-corrected chi connectivity index (χ0v) is 17.4. The molecule has 0 unspecified atom stereocenters. The molecule has 1 atom stereocenters. The maximum Gasteiger partial charge on any atom is 0.408 e. The molecule has 162 valence electrons. The molecule has 0 fully saturated rings. The molecule has 0 bridgehead atoms. The Morgan fingerprint density at radius 2 is 1.66 bits per heavy atom. The van der Waals surface area contributed by atoms with Gasteiger partial charge in [-0.1, -0.05) is 13.3 Å². The number of hydrogen-bond donors (Lipinski definition) is 3. The average Bonchev–Trinajstić information content (AvgIpc) is 2.94. The molecule has 10 heteroatoms. The Kier molecular flexibility index (Phi) is 9.30. The highest BCUT2D eigenvalue weighted by Crippen LogP contribution is 2.08. The molecule has 3 N–H and O–H groups in total. The molecule has 0 aromatic carbocycles. The van der Waals surface area contributed by atoms with Gasteiger partial charge in [0.25, 0.3) is 17.7 Å². The standard InChI is InChI=1S/C19H30N4O6/c1-5-13(20-18(28)29-19(2,3)4)17(27)22-21-14(24)9-7-6-8-12-23-15(25)10-11-16(23)26/h10-11,13H,5-9,12H2,1-4H3,(H,20,28)(H,21,24)(H,22,27)/t13-/m0/s1. The van der Waals surface area contributed by atoms with E-state index in [4.69, 9.17) is 4.74 Å². The largest absolute Gasteiger partial charge is 0.444 e. The van der Waals surface area contributed by atoms with E-state index in [9.17, 15) is 24.0 Å². The van der Waals surface area contributed by atoms with E-state index in [-0.39, 0.29) is 24.1 Å². The number of hydrazine groups is 1. The maximum absolute atomic E-state index is 12.1. The van der Waals surface area contributed by atoms with Gasteiger partial charge in [0.2, 0.25) is 5.91 Å². The minimum Gasteiger partial charge on any atom is -0.444 e. The fourth-order valence-corrected chi connectivity index (χ4v) is 2.47. The van der Waals surface area contributed by atoms with Crippen LogP contribution in [0.25, 0.3) is 0 Å². The van der Waals surface area contributed by atoms with Gasteiger partial charge < -0.3 is 10.1 Å². The third-order valence-corrected chi connectivity index (χ3v) is 3.93. The molecule has 0 radical (unpaired) electrons. The first-order valence-corrected chi connectivity index (χ1v) is 9.65. The average molecular weight is 410 g/mol. The highest BCUT2D eigenvalue weighted by molar-refractivity contribution is 6.12. The van der Waals surface area contributed by atoms with Crippen LogP contribution in [0, 0.1) is 0 Å². The maximum atomic E-state index is 12.1. The van der Waals surface area contributed by atoms with E-state index in [2.05, 4.69) is 16.2 Å². The Morgan fingerprint density at radius 3 is 2.21 bits per heavy atom. The third-order valence-electron chi connectivity index (χ3n) is 3.93. The van der Waals surface area contributed by atoms with Gasteiger partial charge in [-0.25, -0.2) is 4.79 Å². The second kappa shape index (κ2) is 11.2.